The van der Waals surface area contributed by atoms with Crippen molar-refractivity contribution in [3.8, 4) is 11.8 Å². The van der Waals surface area contributed by atoms with E-state index in [9.17, 15) is 0 Å². The van der Waals surface area contributed by atoms with Gasteiger partial charge < -0.3 is 10.6 Å². The zero-order valence-corrected chi connectivity index (χ0v) is 11.5. The first kappa shape index (κ1) is 12.3. The highest BCUT2D eigenvalue weighted by Gasteiger charge is 2.18. The topological polar surface area (TPSA) is 29.3 Å². The molecule has 0 spiro atoms. The lowest BCUT2D eigenvalue weighted by atomic mass is 10.2. The van der Waals surface area contributed by atoms with E-state index in [1.165, 1.54) is 16.1 Å². The number of rotatable bonds is 2. The maximum absolute atomic E-state index is 5.39. The summed E-state index contributed by atoms with van der Waals surface area (Å²) < 4.78 is 0. The molecule has 0 fully saturated rings. The Morgan fingerprint density at radius 3 is 3.11 bits per heavy atom. The Hall–Kier alpha value is -1.76. The van der Waals surface area contributed by atoms with Crippen molar-refractivity contribution < 1.29 is 0 Å². The molecule has 0 saturated heterocycles. The van der Waals surface area contributed by atoms with E-state index in [0.29, 0.717) is 6.54 Å². The molecule has 1 aromatic carbocycles. The molecular weight excluding hydrogens is 252 g/mol. The number of nitrogens with two attached hydrogens (primary N) is 1. The Labute approximate surface area is 117 Å². The first-order chi connectivity index (χ1) is 9.36. The largest absolute Gasteiger partial charge is 0.366 e. The van der Waals surface area contributed by atoms with Crippen LogP contribution >= 0.6 is 11.3 Å². The van der Waals surface area contributed by atoms with Gasteiger partial charge >= 0.3 is 0 Å². The molecule has 2 N–H and O–H groups in total. The van der Waals surface area contributed by atoms with Crippen molar-refractivity contribution in [2.24, 2.45) is 5.73 Å². The van der Waals surface area contributed by atoms with Crippen LogP contribution < -0.4 is 10.6 Å². The van der Waals surface area contributed by atoms with E-state index < -0.39 is 0 Å². The average Bonchev–Trinajstić information content (AvgIpc) is 3.05. The van der Waals surface area contributed by atoms with Crippen LogP contribution in [0.4, 0.5) is 5.69 Å². The molecule has 0 radical (unpaired) electrons. The van der Waals surface area contributed by atoms with E-state index in [1.807, 2.05) is 0 Å². The van der Waals surface area contributed by atoms with Gasteiger partial charge in [-0.2, -0.15) is 0 Å². The van der Waals surface area contributed by atoms with Crippen molar-refractivity contribution in [3.05, 3.63) is 51.7 Å². The molecule has 0 atom stereocenters. The van der Waals surface area contributed by atoms with Crippen LogP contribution in [-0.4, -0.2) is 13.1 Å². The van der Waals surface area contributed by atoms with Gasteiger partial charge in [0.1, 0.15) is 0 Å². The smallest absolute Gasteiger partial charge is 0.0555 e. The van der Waals surface area contributed by atoms with Crippen LogP contribution in [0.5, 0.6) is 0 Å². The maximum atomic E-state index is 5.39. The molecule has 2 heterocycles. The molecule has 1 aliphatic heterocycles. The molecule has 0 aliphatic carbocycles. The lowest BCUT2D eigenvalue weighted by Crippen LogP contribution is -2.18. The molecule has 96 valence electrons. The van der Waals surface area contributed by atoms with Gasteiger partial charge in [0.15, 0.2) is 0 Å². The molecule has 3 rings (SSSR count). The summed E-state index contributed by atoms with van der Waals surface area (Å²) in [6, 6.07) is 10.8. The van der Waals surface area contributed by atoms with Crippen molar-refractivity contribution in [2.45, 2.75) is 13.0 Å². The summed E-state index contributed by atoms with van der Waals surface area (Å²) in [5, 5.41) is 2.11. The number of benzene rings is 1. The molecule has 0 unspecified atom stereocenters. The summed E-state index contributed by atoms with van der Waals surface area (Å²) >= 11 is 1.78. The van der Waals surface area contributed by atoms with Gasteiger partial charge in [-0.3, -0.25) is 0 Å². The van der Waals surface area contributed by atoms with Crippen LogP contribution in [0.3, 0.4) is 0 Å². The minimum atomic E-state index is 0.421. The SMILES string of the molecule is NCC#Cc1csc(CN2CCc3ccccc32)c1. The fourth-order valence-corrected chi connectivity index (χ4v) is 3.27. The average molecular weight is 268 g/mol. The third kappa shape index (κ3) is 2.65. The van der Waals surface area contributed by atoms with Gasteiger partial charge in [-0.25, -0.2) is 0 Å². The van der Waals surface area contributed by atoms with E-state index in [4.69, 9.17) is 5.73 Å². The van der Waals surface area contributed by atoms with Crippen LogP contribution in [0.2, 0.25) is 0 Å². The third-order valence-corrected chi connectivity index (χ3v) is 4.24. The van der Waals surface area contributed by atoms with Crippen LogP contribution in [-0.2, 0) is 13.0 Å². The number of nitrogens with zero attached hydrogens (tertiary/aromatic N) is 1. The molecule has 1 aliphatic rings. The molecule has 0 amide bonds. The molecule has 2 nitrogen and oxygen atoms in total. The van der Waals surface area contributed by atoms with Gasteiger partial charge in [-0.1, -0.05) is 30.0 Å². The van der Waals surface area contributed by atoms with E-state index >= 15 is 0 Å². The lowest BCUT2D eigenvalue weighted by Gasteiger charge is -2.18. The minimum absolute atomic E-state index is 0.421. The highest BCUT2D eigenvalue weighted by Crippen LogP contribution is 2.29. The van der Waals surface area contributed by atoms with E-state index in [0.717, 1.165) is 25.1 Å². The standard InChI is InChI=1S/C16H16N2S/c17-8-3-4-13-10-15(19-12-13)11-18-9-7-14-5-1-2-6-16(14)18/h1-2,5-6,10,12H,7-9,11,17H2. The summed E-state index contributed by atoms with van der Waals surface area (Å²) in [5.74, 6) is 5.98. The zero-order valence-electron chi connectivity index (χ0n) is 10.7. The molecule has 19 heavy (non-hydrogen) atoms. The number of para-hydroxylation sites is 1. The summed E-state index contributed by atoms with van der Waals surface area (Å²) in [7, 11) is 0. The van der Waals surface area contributed by atoms with E-state index in [-0.39, 0.29) is 0 Å². The second kappa shape index (κ2) is 5.48. The summed E-state index contributed by atoms with van der Waals surface area (Å²) in [6.45, 7) is 2.51. The van der Waals surface area contributed by atoms with Crippen LogP contribution in [0.1, 0.15) is 16.0 Å². The molecule has 1 aromatic heterocycles. The van der Waals surface area contributed by atoms with Crippen molar-refractivity contribution in [1.29, 1.82) is 0 Å². The fraction of sp³-hybridized carbons (Fsp3) is 0.250. The highest BCUT2D eigenvalue weighted by molar-refractivity contribution is 7.10. The van der Waals surface area contributed by atoms with Gasteiger partial charge in [-0.05, 0) is 24.1 Å². The number of hydrogen-bond acceptors (Lipinski definition) is 3. The van der Waals surface area contributed by atoms with E-state index in [1.54, 1.807) is 11.3 Å². The Balaban J connectivity index is 1.74. The Morgan fingerprint density at radius 2 is 2.21 bits per heavy atom. The van der Waals surface area contributed by atoms with Crippen LogP contribution in [0.25, 0.3) is 0 Å². The Kier molecular flexibility index (Phi) is 3.54. The molecular formula is C16H16N2S. The second-order valence-corrected chi connectivity index (χ2v) is 5.60. The third-order valence-electron chi connectivity index (χ3n) is 3.32. The highest BCUT2D eigenvalue weighted by atomic mass is 32.1. The number of anilines is 1. The lowest BCUT2D eigenvalue weighted by molar-refractivity contribution is 0.846. The molecule has 0 bridgehead atoms. The van der Waals surface area contributed by atoms with Crippen LogP contribution in [0, 0.1) is 11.8 Å². The number of thiophene rings is 1. The minimum Gasteiger partial charge on any atom is -0.366 e. The maximum Gasteiger partial charge on any atom is 0.0555 e. The van der Waals surface area contributed by atoms with Gasteiger partial charge in [0.25, 0.3) is 0 Å². The van der Waals surface area contributed by atoms with Crippen molar-refractivity contribution in [2.75, 3.05) is 18.0 Å². The molecule has 2 aromatic rings. The first-order valence-corrected chi connectivity index (χ1v) is 7.34. The quantitative estimate of drug-likeness (QED) is 0.848. The summed E-state index contributed by atoms with van der Waals surface area (Å²) in [5.41, 5.74) is 9.31. The van der Waals surface area contributed by atoms with Crippen LogP contribution in [0.15, 0.2) is 35.7 Å². The number of hydrogen-bond donors (Lipinski definition) is 1. The van der Waals surface area contributed by atoms with Gasteiger partial charge in [-0.15, -0.1) is 11.3 Å². The second-order valence-electron chi connectivity index (χ2n) is 4.61. The normalized spacial score (nSPS) is 13.0. The predicted octanol–water partition coefficient (Wildman–Crippen LogP) is 2.62. The predicted molar refractivity (Wildman–Crippen MR) is 81.4 cm³/mol. The van der Waals surface area contributed by atoms with Crippen molar-refractivity contribution in [3.63, 3.8) is 0 Å². The van der Waals surface area contributed by atoms with Gasteiger partial charge in [0.05, 0.1) is 13.1 Å². The van der Waals surface area contributed by atoms with E-state index in [2.05, 4.69) is 52.5 Å². The monoisotopic (exact) mass is 268 g/mol. The Morgan fingerprint density at radius 1 is 1.32 bits per heavy atom. The zero-order chi connectivity index (χ0) is 13.1. The summed E-state index contributed by atoms with van der Waals surface area (Å²) in [6.07, 6.45) is 1.15. The van der Waals surface area contributed by atoms with Gasteiger partial charge in [0, 0.05) is 28.1 Å². The first-order valence-electron chi connectivity index (χ1n) is 6.46. The Bertz CT molecular complexity index is 633. The van der Waals surface area contributed by atoms with Gasteiger partial charge in [0.2, 0.25) is 0 Å². The molecule has 3 heteroatoms. The fourth-order valence-electron chi connectivity index (χ4n) is 2.44. The summed E-state index contributed by atoms with van der Waals surface area (Å²) in [4.78, 5) is 3.81. The van der Waals surface area contributed by atoms with Crippen molar-refractivity contribution >= 4 is 17.0 Å². The number of fused-ring (bicyclic) bond motifs is 1. The van der Waals surface area contributed by atoms with Crippen molar-refractivity contribution in [1.82, 2.24) is 0 Å². The molecule has 0 saturated carbocycles.